The molecule has 1 spiro atoms. The van der Waals surface area contributed by atoms with Gasteiger partial charge in [-0.15, -0.1) is 0 Å². The van der Waals surface area contributed by atoms with Crippen LogP contribution < -0.4 is 15.2 Å². The number of benzene rings is 1. The van der Waals surface area contributed by atoms with Crippen molar-refractivity contribution >= 4 is 0 Å². The molecule has 2 aliphatic heterocycles. The second kappa shape index (κ2) is 6.09. The van der Waals surface area contributed by atoms with Crippen LogP contribution in [0.25, 0.3) is 0 Å². The minimum absolute atomic E-state index is 0.0614. The van der Waals surface area contributed by atoms with Gasteiger partial charge in [0.1, 0.15) is 17.1 Å². The van der Waals surface area contributed by atoms with Gasteiger partial charge in [0.15, 0.2) is 0 Å². The van der Waals surface area contributed by atoms with Crippen LogP contribution in [0, 0.1) is 5.92 Å². The van der Waals surface area contributed by atoms with Gasteiger partial charge in [-0.2, -0.15) is 0 Å². The molecule has 1 atom stereocenters. The van der Waals surface area contributed by atoms with Crippen molar-refractivity contribution in [2.75, 3.05) is 26.7 Å². The molecule has 2 heterocycles. The Balaban J connectivity index is 1.79. The Kier molecular flexibility index (Phi) is 4.33. The SMILES string of the molecule is CC(C)COc1ccc2c(c1)OC1(CCN(C)CC1)CC2N. The highest BCUT2D eigenvalue weighted by Crippen LogP contribution is 2.44. The molecule has 1 aromatic rings. The normalized spacial score (nSPS) is 24.1. The molecule has 1 fully saturated rings. The molecule has 0 aromatic heterocycles. The third-order valence-corrected chi connectivity index (χ3v) is 4.78. The number of hydrogen-bond acceptors (Lipinski definition) is 4. The molecule has 4 nitrogen and oxygen atoms in total. The lowest BCUT2D eigenvalue weighted by molar-refractivity contribution is -0.0165. The van der Waals surface area contributed by atoms with E-state index in [4.69, 9.17) is 15.2 Å². The molecule has 0 amide bonds. The minimum atomic E-state index is -0.0877. The molecule has 1 aromatic carbocycles. The highest BCUT2D eigenvalue weighted by Gasteiger charge is 2.41. The number of fused-ring (bicyclic) bond motifs is 1. The Morgan fingerprint density at radius 1 is 1.36 bits per heavy atom. The zero-order chi connectivity index (χ0) is 15.7. The second-order valence-electron chi connectivity index (χ2n) is 7.30. The van der Waals surface area contributed by atoms with Gasteiger partial charge in [-0.25, -0.2) is 0 Å². The van der Waals surface area contributed by atoms with Gasteiger partial charge in [-0.05, 0) is 31.9 Å². The van der Waals surface area contributed by atoms with Crippen molar-refractivity contribution in [3.05, 3.63) is 23.8 Å². The first-order valence-electron chi connectivity index (χ1n) is 8.37. The van der Waals surface area contributed by atoms with E-state index in [1.165, 1.54) is 0 Å². The topological polar surface area (TPSA) is 47.7 Å². The first kappa shape index (κ1) is 15.6. The van der Waals surface area contributed by atoms with Crippen LogP contribution >= 0.6 is 0 Å². The van der Waals surface area contributed by atoms with Gasteiger partial charge < -0.3 is 20.1 Å². The van der Waals surface area contributed by atoms with Crippen LogP contribution in [0.4, 0.5) is 0 Å². The van der Waals surface area contributed by atoms with Crippen molar-refractivity contribution in [1.82, 2.24) is 4.90 Å². The fraction of sp³-hybridized carbons (Fsp3) is 0.667. The fourth-order valence-corrected chi connectivity index (χ4v) is 3.38. The zero-order valence-corrected chi connectivity index (χ0v) is 14.0. The third-order valence-electron chi connectivity index (χ3n) is 4.78. The summed E-state index contributed by atoms with van der Waals surface area (Å²) in [7, 11) is 2.17. The van der Waals surface area contributed by atoms with Crippen LogP contribution in [0.3, 0.4) is 0 Å². The maximum atomic E-state index is 6.44. The Bertz CT molecular complexity index is 522. The van der Waals surface area contributed by atoms with Crippen LogP contribution in [0.1, 0.15) is 44.7 Å². The number of likely N-dealkylation sites (tertiary alicyclic amines) is 1. The molecule has 0 radical (unpaired) electrons. The zero-order valence-electron chi connectivity index (χ0n) is 14.0. The number of piperidine rings is 1. The lowest BCUT2D eigenvalue weighted by Gasteiger charge is -2.45. The minimum Gasteiger partial charge on any atom is -0.493 e. The summed E-state index contributed by atoms with van der Waals surface area (Å²) in [5.74, 6) is 2.31. The number of nitrogens with zero attached hydrogens (tertiary/aromatic N) is 1. The quantitative estimate of drug-likeness (QED) is 0.932. The van der Waals surface area contributed by atoms with Crippen LogP contribution in [-0.2, 0) is 0 Å². The van der Waals surface area contributed by atoms with E-state index in [9.17, 15) is 0 Å². The molecule has 122 valence electrons. The highest BCUT2D eigenvalue weighted by atomic mass is 16.5. The molecule has 3 rings (SSSR count). The largest absolute Gasteiger partial charge is 0.493 e. The van der Waals surface area contributed by atoms with Crippen LogP contribution in [0.15, 0.2) is 18.2 Å². The average molecular weight is 304 g/mol. The average Bonchev–Trinajstić information content (AvgIpc) is 2.48. The van der Waals surface area contributed by atoms with Gasteiger partial charge >= 0.3 is 0 Å². The van der Waals surface area contributed by atoms with Crippen molar-refractivity contribution < 1.29 is 9.47 Å². The summed E-state index contributed by atoms with van der Waals surface area (Å²) >= 11 is 0. The van der Waals surface area contributed by atoms with E-state index < -0.39 is 0 Å². The van der Waals surface area contributed by atoms with Crippen molar-refractivity contribution in [3.8, 4) is 11.5 Å². The summed E-state index contributed by atoms with van der Waals surface area (Å²) in [6, 6.07) is 6.16. The molecule has 1 unspecified atom stereocenters. The van der Waals surface area contributed by atoms with Crippen LogP contribution in [0.2, 0.25) is 0 Å². The summed E-state index contributed by atoms with van der Waals surface area (Å²) in [5.41, 5.74) is 7.45. The smallest absolute Gasteiger partial charge is 0.128 e. The van der Waals surface area contributed by atoms with Crippen molar-refractivity contribution in [1.29, 1.82) is 0 Å². The van der Waals surface area contributed by atoms with Gasteiger partial charge in [0.25, 0.3) is 0 Å². The molecular formula is C18H28N2O2. The molecular weight excluding hydrogens is 276 g/mol. The van der Waals surface area contributed by atoms with E-state index in [0.29, 0.717) is 5.92 Å². The summed E-state index contributed by atoms with van der Waals surface area (Å²) in [6.45, 7) is 7.18. The van der Waals surface area contributed by atoms with Crippen LogP contribution in [-0.4, -0.2) is 37.2 Å². The van der Waals surface area contributed by atoms with E-state index in [2.05, 4.69) is 31.9 Å². The molecule has 2 aliphatic rings. The number of rotatable bonds is 3. The fourth-order valence-electron chi connectivity index (χ4n) is 3.38. The van der Waals surface area contributed by atoms with E-state index in [1.807, 2.05) is 12.1 Å². The number of hydrogen-bond donors (Lipinski definition) is 1. The van der Waals surface area contributed by atoms with E-state index >= 15 is 0 Å². The first-order chi connectivity index (χ1) is 10.5. The third kappa shape index (κ3) is 3.23. The Hall–Kier alpha value is -1.26. The summed E-state index contributed by atoms with van der Waals surface area (Å²) in [4.78, 5) is 2.36. The molecule has 0 bridgehead atoms. The molecule has 4 heteroatoms. The monoisotopic (exact) mass is 304 g/mol. The van der Waals surface area contributed by atoms with Gasteiger partial charge in [0.05, 0.1) is 6.61 Å². The first-order valence-corrected chi connectivity index (χ1v) is 8.37. The molecule has 0 aliphatic carbocycles. The Morgan fingerprint density at radius 2 is 2.09 bits per heavy atom. The highest BCUT2D eigenvalue weighted by molar-refractivity contribution is 5.44. The van der Waals surface area contributed by atoms with Gasteiger partial charge in [0, 0.05) is 37.2 Å². The Morgan fingerprint density at radius 3 is 2.77 bits per heavy atom. The standard InChI is InChI=1S/C18H28N2O2/c1-13(2)12-21-14-4-5-15-16(19)11-18(22-17(15)10-14)6-8-20(3)9-7-18/h4-5,10,13,16H,6-9,11-12,19H2,1-3H3. The van der Waals surface area contributed by atoms with Gasteiger partial charge in [-0.3, -0.25) is 0 Å². The molecule has 22 heavy (non-hydrogen) atoms. The van der Waals surface area contributed by atoms with E-state index in [0.717, 1.165) is 56.0 Å². The molecule has 0 saturated carbocycles. The lowest BCUT2D eigenvalue weighted by atomic mass is 9.81. The maximum absolute atomic E-state index is 6.44. The number of nitrogens with two attached hydrogens (primary N) is 1. The van der Waals surface area contributed by atoms with Gasteiger partial charge in [-0.1, -0.05) is 19.9 Å². The Labute approximate surface area is 133 Å². The molecule has 1 saturated heterocycles. The van der Waals surface area contributed by atoms with E-state index in [-0.39, 0.29) is 11.6 Å². The predicted molar refractivity (Wildman–Crippen MR) is 88.4 cm³/mol. The number of ether oxygens (including phenoxy) is 2. The summed E-state index contributed by atoms with van der Waals surface area (Å²) in [6.07, 6.45) is 3.02. The van der Waals surface area contributed by atoms with E-state index in [1.54, 1.807) is 0 Å². The van der Waals surface area contributed by atoms with Crippen molar-refractivity contribution in [2.24, 2.45) is 11.7 Å². The summed E-state index contributed by atoms with van der Waals surface area (Å²) < 4.78 is 12.3. The molecule has 2 N–H and O–H groups in total. The van der Waals surface area contributed by atoms with Crippen molar-refractivity contribution in [3.63, 3.8) is 0 Å². The van der Waals surface area contributed by atoms with Crippen LogP contribution in [0.5, 0.6) is 11.5 Å². The maximum Gasteiger partial charge on any atom is 0.128 e. The lowest BCUT2D eigenvalue weighted by Crippen LogP contribution is -2.50. The van der Waals surface area contributed by atoms with Crippen molar-refractivity contribution in [2.45, 2.75) is 44.8 Å². The second-order valence-corrected chi connectivity index (χ2v) is 7.30. The van der Waals surface area contributed by atoms with Gasteiger partial charge in [0.2, 0.25) is 0 Å². The predicted octanol–water partition coefficient (Wildman–Crippen LogP) is 2.97. The summed E-state index contributed by atoms with van der Waals surface area (Å²) in [5, 5.41) is 0.